The number of hydrogen-bond acceptors (Lipinski definition) is 2. The molecule has 76 valence electrons. The van der Waals surface area contributed by atoms with Crippen molar-refractivity contribution in [2.24, 2.45) is 5.92 Å². The Bertz CT molecular complexity index is 202. The molecule has 5 heteroatoms. The second-order valence-corrected chi connectivity index (χ2v) is 3.41. The zero-order valence-electron chi connectivity index (χ0n) is 6.97. The molecule has 2 nitrogen and oxygen atoms in total. The van der Waals surface area contributed by atoms with Crippen LogP contribution in [-0.2, 0) is 4.79 Å². The van der Waals surface area contributed by atoms with Crippen molar-refractivity contribution in [2.75, 3.05) is 0 Å². The first-order chi connectivity index (χ1) is 5.92. The molecule has 0 radical (unpaired) electrons. The molecule has 0 aliphatic heterocycles. The minimum Gasteiger partial charge on any atom is -0.380 e. The number of alkyl halides is 3. The molecule has 0 aromatic rings. The summed E-state index contributed by atoms with van der Waals surface area (Å²) in [6.45, 7) is 0. The Kier molecular flexibility index (Phi) is 2.66. The van der Waals surface area contributed by atoms with Gasteiger partial charge in [0.15, 0.2) is 5.60 Å². The number of hydrogen-bond donors (Lipinski definition) is 1. The van der Waals surface area contributed by atoms with Gasteiger partial charge in [-0.25, -0.2) is 0 Å². The van der Waals surface area contributed by atoms with E-state index < -0.39 is 17.7 Å². The second kappa shape index (κ2) is 3.29. The SMILES string of the molecule is O=CC1CCCCC1(O)C(F)(F)F. The van der Waals surface area contributed by atoms with Crippen molar-refractivity contribution in [3.8, 4) is 0 Å². The molecule has 1 saturated carbocycles. The molecule has 1 aliphatic rings. The third-order valence-corrected chi connectivity index (χ3v) is 2.59. The van der Waals surface area contributed by atoms with Crippen LogP contribution in [0.4, 0.5) is 13.2 Å². The lowest BCUT2D eigenvalue weighted by Crippen LogP contribution is -2.53. The maximum atomic E-state index is 12.4. The lowest BCUT2D eigenvalue weighted by molar-refractivity contribution is -0.282. The van der Waals surface area contributed by atoms with Crippen LogP contribution in [0, 0.1) is 5.92 Å². The Labute approximate surface area is 73.7 Å². The third-order valence-electron chi connectivity index (χ3n) is 2.59. The van der Waals surface area contributed by atoms with E-state index in [-0.39, 0.29) is 19.1 Å². The first kappa shape index (κ1) is 10.5. The van der Waals surface area contributed by atoms with Crippen molar-refractivity contribution in [3.63, 3.8) is 0 Å². The van der Waals surface area contributed by atoms with Crippen LogP contribution in [0.15, 0.2) is 0 Å². The van der Waals surface area contributed by atoms with Gasteiger partial charge in [-0.1, -0.05) is 12.8 Å². The molecule has 0 aromatic heterocycles. The van der Waals surface area contributed by atoms with Crippen molar-refractivity contribution in [3.05, 3.63) is 0 Å². The molecule has 0 bridgehead atoms. The molecule has 1 aliphatic carbocycles. The summed E-state index contributed by atoms with van der Waals surface area (Å²) in [7, 11) is 0. The number of carbonyl (C=O) groups excluding carboxylic acids is 1. The first-order valence-electron chi connectivity index (χ1n) is 4.16. The highest BCUT2D eigenvalue weighted by Gasteiger charge is 2.58. The van der Waals surface area contributed by atoms with Gasteiger partial charge in [-0.05, 0) is 12.8 Å². The summed E-state index contributed by atoms with van der Waals surface area (Å²) >= 11 is 0. The summed E-state index contributed by atoms with van der Waals surface area (Å²) in [5.41, 5.74) is -2.78. The van der Waals surface area contributed by atoms with Gasteiger partial charge < -0.3 is 9.90 Å². The molecule has 2 atom stereocenters. The number of carbonyl (C=O) groups is 1. The predicted molar refractivity (Wildman–Crippen MR) is 39.0 cm³/mol. The summed E-state index contributed by atoms with van der Waals surface area (Å²) in [5, 5.41) is 9.31. The van der Waals surface area contributed by atoms with Gasteiger partial charge in [0.2, 0.25) is 0 Å². The summed E-state index contributed by atoms with van der Waals surface area (Å²) in [6.07, 6.45) is -3.83. The molecule has 13 heavy (non-hydrogen) atoms. The molecule has 0 amide bonds. The van der Waals surface area contributed by atoms with E-state index in [1.165, 1.54) is 0 Å². The molecule has 1 fully saturated rings. The van der Waals surface area contributed by atoms with Crippen molar-refractivity contribution >= 4 is 6.29 Å². The Balaban J connectivity index is 2.89. The number of halogens is 3. The van der Waals surface area contributed by atoms with Gasteiger partial charge in [0.05, 0.1) is 5.92 Å². The topological polar surface area (TPSA) is 37.3 Å². The van der Waals surface area contributed by atoms with E-state index in [1.54, 1.807) is 0 Å². The predicted octanol–water partition coefficient (Wildman–Crippen LogP) is 1.67. The van der Waals surface area contributed by atoms with E-state index in [9.17, 15) is 23.1 Å². The fourth-order valence-corrected chi connectivity index (χ4v) is 1.72. The highest BCUT2D eigenvalue weighted by atomic mass is 19.4. The second-order valence-electron chi connectivity index (χ2n) is 3.41. The molecule has 2 unspecified atom stereocenters. The van der Waals surface area contributed by atoms with Crippen molar-refractivity contribution < 1.29 is 23.1 Å². The van der Waals surface area contributed by atoms with E-state index in [0.717, 1.165) is 0 Å². The maximum Gasteiger partial charge on any atom is 0.417 e. The molecule has 0 spiro atoms. The lowest BCUT2D eigenvalue weighted by atomic mass is 9.75. The van der Waals surface area contributed by atoms with Gasteiger partial charge in [-0.3, -0.25) is 0 Å². The van der Waals surface area contributed by atoms with Crippen molar-refractivity contribution in [2.45, 2.75) is 37.5 Å². The first-order valence-corrected chi connectivity index (χ1v) is 4.16. The third kappa shape index (κ3) is 1.70. The van der Waals surface area contributed by atoms with Gasteiger partial charge in [0.25, 0.3) is 0 Å². The molecule has 0 aromatic carbocycles. The van der Waals surface area contributed by atoms with Crippen molar-refractivity contribution in [1.29, 1.82) is 0 Å². The van der Waals surface area contributed by atoms with Gasteiger partial charge in [-0.2, -0.15) is 13.2 Å². The molecular weight excluding hydrogens is 185 g/mol. The average Bonchev–Trinajstić information content (AvgIpc) is 2.03. The molecular formula is C8H11F3O2. The number of rotatable bonds is 1. The average molecular weight is 196 g/mol. The lowest BCUT2D eigenvalue weighted by Gasteiger charge is -2.38. The molecule has 1 N–H and O–H groups in total. The van der Waals surface area contributed by atoms with Crippen molar-refractivity contribution in [1.82, 2.24) is 0 Å². The van der Waals surface area contributed by atoms with Crippen LogP contribution in [0.5, 0.6) is 0 Å². The van der Waals surface area contributed by atoms with E-state index in [0.29, 0.717) is 12.8 Å². The molecule has 0 heterocycles. The summed E-state index contributed by atoms with van der Waals surface area (Å²) in [4.78, 5) is 10.4. The minimum absolute atomic E-state index is 0.125. The zero-order chi connectivity index (χ0) is 10.1. The summed E-state index contributed by atoms with van der Waals surface area (Å²) < 4.78 is 37.1. The number of aliphatic hydroxyl groups is 1. The molecule has 1 rings (SSSR count). The summed E-state index contributed by atoms with van der Waals surface area (Å²) in [6, 6.07) is 0. The molecule has 0 saturated heterocycles. The monoisotopic (exact) mass is 196 g/mol. The van der Waals surface area contributed by atoms with Crippen LogP contribution in [-0.4, -0.2) is 23.2 Å². The fraction of sp³-hybridized carbons (Fsp3) is 0.875. The Hall–Kier alpha value is -0.580. The Morgan fingerprint density at radius 2 is 2.00 bits per heavy atom. The van der Waals surface area contributed by atoms with Crippen LogP contribution in [0.2, 0.25) is 0 Å². The van der Waals surface area contributed by atoms with Crippen LogP contribution < -0.4 is 0 Å². The van der Waals surface area contributed by atoms with E-state index in [4.69, 9.17) is 0 Å². The van der Waals surface area contributed by atoms with E-state index >= 15 is 0 Å². The largest absolute Gasteiger partial charge is 0.417 e. The Morgan fingerprint density at radius 1 is 1.38 bits per heavy atom. The van der Waals surface area contributed by atoms with Crippen LogP contribution in [0.25, 0.3) is 0 Å². The smallest absolute Gasteiger partial charge is 0.380 e. The normalized spacial score (nSPS) is 35.8. The van der Waals surface area contributed by atoms with E-state index in [1.807, 2.05) is 0 Å². The zero-order valence-corrected chi connectivity index (χ0v) is 6.97. The number of aldehydes is 1. The highest BCUT2D eigenvalue weighted by molar-refractivity contribution is 5.56. The highest BCUT2D eigenvalue weighted by Crippen LogP contribution is 2.44. The standard InChI is InChI=1S/C8H11F3O2/c9-8(10,11)7(13)4-2-1-3-6(7)5-12/h5-6,13H,1-4H2. The minimum atomic E-state index is -4.70. The van der Waals surface area contributed by atoms with Gasteiger partial charge in [-0.15, -0.1) is 0 Å². The van der Waals surface area contributed by atoms with Crippen LogP contribution >= 0.6 is 0 Å². The van der Waals surface area contributed by atoms with Gasteiger partial charge >= 0.3 is 6.18 Å². The van der Waals surface area contributed by atoms with Gasteiger partial charge in [0.1, 0.15) is 6.29 Å². The van der Waals surface area contributed by atoms with Crippen LogP contribution in [0.3, 0.4) is 0 Å². The maximum absolute atomic E-state index is 12.4. The van der Waals surface area contributed by atoms with Gasteiger partial charge in [0, 0.05) is 0 Å². The van der Waals surface area contributed by atoms with Crippen LogP contribution in [0.1, 0.15) is 25.7 Å². The fourth-order valence-electron chi connectivity index (χ4n) is 1.72. The Morgan fingerprint density at radius 3 is 2.38 bits per heavy atom. The van der Waals surface area contributed by atoms with E-state index in [2.05, 4.69) is 0 Å². The quantitative estimate of drug-likeness (QED) is 0.647. The summed E-state index contributed by atoms with van der Waals surface area (Å²) in [5.74, 6) is -1.29.